The first-order chi connectivity index (χ1) is 7.20. The number of aryl methyl sites for hydroxylation is 1. The lowest BCUT2D eigenvalue weighted by Crippen LogP contribution is -2.02. The summed E-state index contributed by atoms with van der Waals surface area (Å²) in [5, 5.41) is 12.5. The Labute approximate surface area is 86.0 Å². The first-order valence-corrected chi connectivity index (χ1v) is 4.25. The zero-order valence-corrected chi connectivity index (χ0v) is 8.05. The summed E-state index contributed by atoms with van der Waals surface area (Å²) in [5.41, 5.74) is 7.05. The van der Waals surface area contributed by atoms with Gasteiger partial charge in [-0.2, -0.15) is 5.26 Å². The van der Waals surface area contributed by atoms with Crippen molar-refractivity contribution in [2.45, 2.75) is 6.92 Å². The molecule has 6 nitrogen and oxygen atoms in total. The van der Waals surface area contributed by atoms with Crippen LogP contribution in [0.2, 0.25) is 0 Å². The van der Waals surface area contributed by atoms with E-state index >= 15 is 0 Å². The van der Waals surface area contributed by atoms with E-state index in [2.05, 4.69) is 15.1 Å². The van der Waals surface area contributed by atoms with E-state index in [0.717, 1.165) is 5.56 Å². The first-order valence-electron chi connectivity index (χ1n) is 4.25. The summed E-state index contributed by atoms with van der Waals surface area (Å²) in [5.74, 6) is 0.742. The van der Waals surface area contributed by atoms with Gasteiger partial charge in [-0.3, -0.25) is 0 Å². The van der Waals surface area contributed by atoms with Gasteiger partial charge in [-0.1, -0.05) is 0 Å². The third-order valence-corrected chi connectivity index (χ3v) is 1.88. The molecule has 0 bridgehead atoms. The average Bonchev–Trinajstić information content (AvgIpc) is 2.66. The highest BCUT2D eigenvalue weighted by atomic mass is 15.4. The highest BCUT2D eigenvalue weighted by molar-refractivity contribution is 5.44. The number of aromatic nitrogens is 4. The number of hydrogen-bond donors (Lipinski definition) is 1. The van der Waals surface area contributed by atoms with Crippen molar-refractivity contribution in [1.82, 2.24) is 19.7 Å². The van der Waals surface area contributed by atoms with E-state index in [1.807, 2.05) is 13.0 Å². The SMILES string of the molecule is Cc1cc(N)cnc1-n1cnc(C#N)n1. The summed E-state index contributed by atoms with van der Waals surface area (Å²) in [6.07, 6.45) is 2.99. The standard InChI is InChI=1S/C9H8N6/c1-6-2-7(11)4-12-9(6)15-5-13-8(3-10)14-15/h2,4-5H,11H2,1H3. The van der Waals surface area contributed by atoms with Crippen LogP contribution >= 0.6 is 0 Å². The second-order valence-electron chi connectivity index (χ2n) is 3.03. The lowest BCUT2D eigenvalue weighted by molar-refractivity contribution is 0.832. The van der Waals surface area contributed by atoms with E-state index in [4.69, 9.17) is 11.0 Å². The van der Waals surface area contributed by atoms with Crippen LogP contribution in [0, 0.1) is 18.3 Å². The molecule has 0 fully saturated rings. The summed E-state index contributed by atoms with van der Waals surface area (Å²) in [7, 11) is 0. The number of nitrogens with two attached hydrogens (primary N) is 1. The molecular weight excluding hydrogens is 192 g/mol. The van der Waals surface area contributed by atoms with Crippen molar-refractivity contribution in [2.75, 3.05) is 5.73 Å². The Morgan fingerprint density at radius 2 is 2.27 bits per heavy atom. The fraction of sp³-hybridized carbons (Fsp3) is 0.111. The number of nitrogen functional groups attached to an aromatic ring is 1. The Morgan fingerprint density at radius 1 is 1.47 bits per heavy atom. The van der Waals surface area contributed by atoms with Crippen molar-refractivity contribution in [1.29, 1.82) is 5.26 Å². The summed E-state index contributed by atoms with van der Waals surface area (Å²) in [4.78, 5) is 7.92. The minimum Gasteiger partial charge on any atom is -0.397 e. The zero-order valence-electron chi connectivity index (χ0n) is 8.05. The van der Waals surface area contributed by atoms with Crippen molar-refractivity contribution >= 4 is 5.69 Å². The third kappa shape index (κ3) is 1.62. The lowest BCUT2D eigenvalue weighted by atomic mass is 10.3. The second kappa shape index (κ2) is 3.38. The van der Waals surface area contributed by atoms with Crippen LogP contribution in [0.5, 0.6) is 0 Å². The van der Waals surface area contributed by atoms with Gasteiger partial charge in [-0.05, 0) is 18.6 Å². The molecule has 74 valence electrons. The Morgan fingerprint density at radius 3 is 2.87 bits per heavy atom. The maximum Gasteiger partial charge on any atom is 0.252 e. The van der Waals surface area contributed by atoms with Gasteiger partial charge in [-0.15, -0.1) is 5.10 Å². The molecule has 0 spiro atoms. The molecule has 0 radical (unpaired) electrons. The minimum absolute atomic E-state index is 0.119. The van der Waals surface area contributed by atoms with Crippen LogP contribution in [-0.2, 0) is 0 Å². The van der Waals surface area contributed by atoms with Crippen molar-refractivity contribution in [3.8, 4) is 11.9 Å². The Kier molecular flexibility index (Phi) is 2.06. The monoisotopic (exact) mass is 200 g/mol. The number of anilines is 1. The smallest absolute Gasteiger partial charge is 0.252 e. The molecule has 0 aliphatic carbocycles. The van der Waals surface area contributed by atoms with Crippen LogP contribution in [0.15, 0.2) is 18.6 Å². The molecular formula is C9H8N6. The molecule has 0 unspecified atom stereocenters. The minimum atomic E-state index is 0.119. The van der Waals surface area contributed by atoms with Gasteiger partial charge in [0.05, 0.1) is 11.9 Å². The largest absolute Gasteiger partial charge is 0.397 e. The summed E-state index contributed by atoms with van der Waals surface area (Å²) >= 11 is 0. The van der Waals surface area contributed by atoms with Crippen molar-refractivity contribution in [3.63, 3.8) is 0 Å². The van der Waals surface area contributed by atoms with Gasteiger partial charge in [-0.25, -0.2) is 14.6 Å². The van der Waals surface area contributed by atoms with Crippen LogP contribution in [0.25, 0.3) is 5.82 Å². The van der Waals surface area contributed by atoms with Crippen molar-refractivity contribution < 1.29 is 0 Å². The van der Waals surface area contributed by atoms with Gasteiger partial charge < -0.3 is 5.73 Å². The van der Waals surface area contributed by atoms with Crippen molar-refractivity contribution in [3.05, 3.63) is 30.0 Å². The van der Waals surface area contributed by atoms with Crippen LogP contribution in [-0.4, -0.2) is 19.7 Å². The number of nitriles is 1. The molecule has 0 aliphatic heterocycles. The number of pyridine rings is 1. The van der Waals surface area contributed by atoms with E-state index in [0.29, 0.717) is 11.5 Å². The number of nitrogens with zero attached hydrogens (tertiary/aromatic N) is 5. The van der Waals surface area contributed by atoms with Crippen LogP contribution in [0.3, 0.4) is 0 Å². The highest BCUT2D eigenvalue weighted by Gasteiger charge is 2.06. The fourth-order valence-corrected chi connectivity index (χ4v) is 1.25. The molecule has 2 heterocycles. The number of hydrogen-bond acceptors (Lipinski definition) is 5. The van der Waals surface area contributed by atoms with E-state index in [1.165, 1.54) is 17.2 Å². The van der Waals surface area contributed by atoms with E-state index in [-0.39, 0.29) is 5.82 Å². The van der Waals surface area contributed by atoms with Gasteiger partial charge in [0.25, 0.3) is 5.82 Å². The average molecular weight is 200 g/mol. The van der Waals surface area contributed by atoms with Crippen LogP contribution < -0.4 is 5.73 Å². The van der Waals surface area contributed by atoms with Gasteiger partial charge in [0.1, 0.15) is 12.4 Å². The second-order valence-corrected chi connectivity index (χ2v) is 3.03. The molecule has 6 heteroatoms. The molecule has 0 aliphatic rings. The predicted molar refractivity (Wildman–Crippen MR) is 53.0 cm³/mol. The zero-order chi connectivity index (χ0) is 10.8. The summed E-state index contributed by atoms with van der Waals surface area (Å²) in [6.45, 7) is 1.87. The van der Waals surface area contributed by atoms with E-state index in [9.17, 15) is 0 Å². The third-order valence-electron chi connectivity index (χ3n) is 1.88. The molecule has 0 atom stereocenters. The first kappa shape index (κ1) is 9.15. The molecule has 0 saturated carbocycles. The lowest BCUT2D eigenvalue weighted by Gasteiger charge is -2.03. The quantitative estimate of drug-likeness (QED) is 0.720. The van der Waals surface area contributed by atoms with Gasteiger partial charge in [0.2, 0.25) is 0 Å². The van der Waals surface area contributed by atoms with Crippen molar-refractivity contribution in [2.24, 2.45) is 0 Å². The van der Waals surface area contributed by atoms with Gasteiger partial charge in [0.15, 0.2) is 5.82 Å². The fourth-order valence-electron chi connectivity index (χ4n) is 1.25. The van der Waals surface area contributed by atoms with E-state index < -0.39 is 0 Å². The number of rotatable bonds is 1. The molecule has 2 aromatic rings. The normalized spacial score (nSPS) is 9.87. The predicted octanol–water partition coefficient (Wildman–Crippen LogP) is 0.425. The maximum atomic E-state index is 8.58. The molecule has 0 amide bonds. The Bertz CT molecular complexity index is 536. The molecule has 0 aromatic carbocycles. The molecule has 15 heavy (non-hydrogen) atoms. The van der Waals surface area contributed by atoms with Gasteiger partial charge >= 0.3 is 0 Å². The van der Waals surface area contributed by atoms with Crippen LogP contribution in [0.4, 0.5) is 5.69 Å². The molecule has 2 N–H and O–H groups in total. The summed E-state index contributed by atoms with van der Waals surface area (Å²) in [6, 6.07) is 3.64. The molecule has 2 aromatic heterocycles. The Hall–Kier alpha value is -2.42. The molecule has 2 rings (SSSR count). The maximum absolute atomic E-state index is 8.58. The Balaban J connectivity index is 2.50. The highest BCUT2D eigenvalue weighted by Crippen LogP contribution is 2.12. The van der Waals surface area contributed by atoms with Gasteiger partial charge in [0, 0.05) is 0 Å². The molecule has 0 saturated heterocycles. The van der Waals surface area contributed by atoms with Crippen LogP contribution in [0.1, 0.15) is 11.4 Å². The summed E-state index contributed by atoms with van der Waals surface area (Å²) < 4.78 is 1.45. The van der Waals surface area contributed by atoms with E-state index in [1.54, 1.807) is 6.07 Å². The topological polar surface area (TPSA) is 93.4 Å².